The number of thioether (sulfide) groups is 1. The van der Waals surface area contributed by atoms with E-state index >= 15 is 0 Å². The molecule has 0 saturated carbocycles. The molecule has 0 radical (unpaired) electrons. The molecule has 136 valence electrons. The van der Waals surface area contributed by atoms with Crippen molar-refractivity contribution in [3.8, 4) is 0 Å². The molecule has 0 N–H and O–H groups in total. The second-order valence-electron chi connectivity index (χ2n) is 5.36. The molecule has 0 amide bonds. The van der Waals surface area contributed by atoms with Crippen molar-refractivity contribution in [3.63, 3.8) is 0 Å². The number of alkyl halides is 3. The number of rotatable bonds is 7. The number of carbonyl (C=O) groups excluding carboxylic acids is 1. The van der Waals surface area contributed by atoms with E-state index in [4.69, 9.17) is 4.74 Å². The Hall–Kier alpha value is -1.87. The van der Waals surface area contributed by atoms with E-state index in [0.717, 1.165) is 35.4 Å². The van der Waals surface area contributed by atoms with Gasteiger partial charge in [0.15, 0.2) is 10.9 Å². The zero-order valence-corrected chi connectivity index (χ0v) is 14.9. The summed E-state index contributed by atoms with van der Waals surface area (Å²) in [7, 11) is 1.60. The lowest BCUT2D eigenvalue weighted by atomic mass is 10.2. The van der Waals surface area contributed by atoms with Gasteiger partial charge in [-0.1, -0.05) is 11.8 Å². The molecular weight excluding hydrogens is 355 g/mol. The summed E-state index contributed by atoms with van der Waals surface area (Å²) < 4.78 is 45.0. The van der Waals surface area contributed by atoms with Crippen LogP contribution in [-0.2, 0) is 17.5 Å². The number of methoxy groups -OCH3 is 1. The molecule has 25 heavy (non-hydrogen) atoms. The molecule has 2 rings (SSSR count). The maximum absolute atomic E-state index is 12.7. The summed E-state index contributed by atoms with van der Waals surface area (Å²) in [5.74, 6) is -0.210. The highest BCUT2D eigenvalue weighted by Gasteiger charge is 2.32. The molecule has 0 atom stereocenters. The van der Waals surface area contributed by atoms with Gasteiger partial charge < -0.3 is 9.30 Å². The Kier molecular flexibility index (Phi) is 6.23. The largest absolute Gasteiger partial charge is 0.433 e. The molecule has 9 heteroatoms. The maximum atomic E-state index is 12.7. The third-order valence-electron chi connectivity index (χ3n) is 3.65. The molecule has 0 spiro atoms. The average Bonchev–Trinajstić information content (AvgIpc) is 2.84. The number of ether oxygens (including phenoxy) is 1. The molecular formula is C16H18F3N3O2S. The smallest absolute Gasteiger partial charge is 0.383 e. The standard InChI is InChI=1S/C16H18F3N3O2S/c1-10-8-12(11(2)22(10)6-7-24-3)13(23)9-25-15-20-5-4-14(21-15)16(17,18)19/h4-5,8H,6-7,9H2,1-3H3. The second kappa shape index (κ2) is 8.01. The Labute approximate surface area is 147 Å². The molecule has 2 aromatic rings. The summed E-state index contributed by atoms with van der Waals surface area (Å²) in [5.41, 5.74) is 1.27. The van der Waals surface area contributed by atoms with Crippen LogP contribution in [0.3, 0.4) is 0 Å². The first-order valence-electron chi connectivity index (χ1n) is 7.46. The van der Waals surface area contributed by atoms with E-state index in [2.05, 4.69) is 9.97 Å². The molecule has 2 heterocycles. The van der Waals surface area contributed by atoms with Gasteiger partial charge in [0.25, 0.3) is 0 Å². The van der Waals surface area contributed by atoms with Crippen molar-refractivity contribution in [3.05, 3.63) is 41.0 Å². The molecule has 0 aliphatic heterocycles. The van der Waals surface area contributed by atoms with Crippen molar-refractivity contribution >= 4 is 17.5 Å². The Bertz CT molecular complexity index is 760. The van der Waals surface area contributed by atoms with Crippen LogP contribution in [0.4, 0.5) is 13.2 Å². The normalized spacial score (nSPS) is 11.8. The summed E-state index contributed by atoms with van der Waals surface area (Å²) in [6.45, 7) is 4.88. The number of ketones is 1. The highest BCUT2D eigenvalue weighted by molar-refractivity contribution is 7.99. The van der Waals surface area contributed by atoms with Crippen molar-refractivity contribution in [2.45, 2.75) is 31.7 Å². The number of aryl methyl sites for hydroxylation is 1. The van der Waals surface area contributed by atoms with Crippen LogP contribution in [0.5, 0.6) is 0 Å². The van der Waals surface area contributed by atoms with Crippen molar-refractivity contribution in [1.82, 2.24) is 14.5 Å². The van der Waals surface area contributed by atoms with Crippen molar-refractivity contribution in [2.75, 3.05) is 19.5 Å². The van der Waals surface area contributed by atoms with Gasteiger partial charge in [-0.15, -0.1) is 0 Å². The number of hydrogen-bond acceptors (Lipinski definition) is 5. The van der Waals surface area contributed by atoms with Crippen LogP contribution in [0.15, 0.2) is 23.5 Å². The van der Waals surface area contributed by atoms with E-state index in [9.17, 15) is 18.0 Å². The molecule has 2 aromatic heterocycles. The number of hydrogen-bond donors (Lipinski definition) is 0. The van der Waals surface area contributed by atoms with Gasteiger partial charge in [0.05, 0.1) is 12.4 Å². The lowest BCUT2D eigenvalue weighted by molar-refractivity contribution is -0.141. The Morgan fingerprint density at radius 1 is 1.36 bits per heavy atom. The highest BCUT2D eigenvalue weighted by atomic mass is 32.2. The van der Waals surface area contributed by atoms with Crippen molar-refractivity contribution < 1.29 is 22.7 Å². The SMILES string of the molecule is COCCn1c(C)cc(C(=O)CSc2nccc(C(F)(F)F)n2)c1C. The van der Waals surface area contributed by atoms with Crippen molar-refractivity contribution in [1.29, 1.82) is 0 Å². The van der Waals surface area contributed by atoms with Gasteiger partial charge in [-0.2, -0.15) is 13.2 Å². The van der Waals surface area contributed by atoms with Crippen LogP contribution < -0.4 is 0 Å². The molecule has 0 fully saturated rings. The molecule has 0 bridgehead atoms. The Morgan fingerprint density at radius 2 is 2.08 bits per heavy atom. The third-order valence-corrected chi connectivity index (χ3v) is 4.51. The first-order chi connectivity index (χ1) is 11.7. The maximum Gasteiger partial charge on any atom is 0.433 e. The lowest BCUT2D eigenvalue weighted by Gasteiger charge is -2.09. The van der Waals surface area contributed by atoms with Crippen LogP contribution in [0.25, 0.3) is 0 Å². The van der Waals surface area contributed by atoms with E-state index in [1.54, 1.807) is 13.2 Å². The number of aromatic nitrogens is 3. The molecule has 5 nitrogen and oxygen atoms in total. The van der Waals surface area contributed by atoms with Gasteiger partial charge in [-0.3, -0.25) is 4.79 Å². The minimum atomic E-state index is -4.53. The third kappa shape index (κ3) is 4.82. The molecule has 0 aliphatic rings. The highest BCUT2D eigenvalue weighted by Crippen LogP contribution is 2.28. The van der Waals surface area contributed by atoms with E-state index < -0.39 is 11.9 Å². The van der Waals surface area contributed by atoms with Crippen LogP contribution in [0.1, 0.15) is 27.4 Å². The zero-order chi connectivity index (χ0) is 18.6. The van der Waals surface area contributed by atoms with Gasteiger partial charge in [0.2, 0.25) is 0 Å². The van der Waals surface area contributed by atoms with Gasteiger partial charge >= 0.3 is 6.18 Å². The average molecular weight is 373 g/mol. The number of Topliss-reactive ketones (excluding diaryl/α,β-unsaturated/α-hetero) is 1. The summed E-state index contributed by atoms with van der Waals surface area (Å²) in [6.07, 6.45) is -3.49. The van der Waals surface area contributed by atoms with Crippen LogP contribution in [0.2, 0.25) is 0 Å². The topological polar surface area (TPSA) is 57.0 Å². The minimum Gasteiger partial charge on any atom is -0.383 e. The van der Waals surface area contributed by atoms with E-state index in [0.29, 0.717) is 18.7 Å². The van der Waals surface area contributed by atoms with Crippen LogP contribution in [0, 0.1) is 13.8 Å². The number of carbonyl (C=O) groups is 1. The first kappa shape index (κ1) is 19.5. The summed E-state index contributed by atoms with van der Waals surface area (Å²) >= 11 is 0.890. The Balaban J connectivity index is 2.08. The fraction of sp³-hybridized carbons (Fsp3) is 0.438. The molecule has 0 unspecified atom stereocenters. The van der Waals surface area contributed by atoms with E-state index in [-0.39, 0.29) is 16.7 Å². The van der Waals surface area contributed by atoms with E-state index in [1.165, 1.54) is 0 Å². The summed E-state index contributed by atoms with van der Waals surface area (Å²) in [5, 5.41) is -0.0728. The summed E-state index contributed by atoms with van der Waals surface area (Å²) in [6, 6.07) is 2.58. The number of halogens is 3. The predicted octanol–water partition coefficient (Wildman–Crippen LogP) is 3.54. The van der Waals surface area contributed by atoms with Crippen LogP contribution in [-0.4, -0.2) is 39.8 Å². The predicted molar refractivity (Wildman–Crippen MR) is 87.9 cm³/mol. The first-order valence-corrected chi connectivity index (χ1v) is 8.44. The second-order valence-corrected chi connectivity index (χ2v) is 6.31. The number of nitrogens with zero attached hydrogens (tertiary/aromatic N) is 3. The van der Waals surface area contributed by atoms with Gasteiger partial charge in [0, 0.05) is 36.8 Å². The van der Waals surface area contributed by atoms with Crippen molar-refractivity contribution in [2.24, 2.45) is 0 Å². The zero-order valence-electron chi connectivity index (χ0n) is 14.1. The monoisotopic (exact) mass is 373 g/mol. The van der Waals surface area contributed by atoms with Gasteiger partial charge in [-0.05, 0) is 26.0 Å². The Morgan fingerprint density at radius 3 is 2.72 bits per heavy atom. The minimum absolute atomic E-state index is 0.0319. The summed E-state index contributed by atoms with van der Waals surface area (Å²) in [4.78, 5) is 19.6. The fourth-order valence-corrected chi connectivity index (χ4v) is 3.10. The molecule has 0 aliphatic carbocycles. The quantitative estimate of drug-likeness (QED) is 0.422. The van der Waals surface area contributed by atoms with Gasteiger partial charge in [-0.25, -0.2) is 9.97 Å². The molecule has 0 aromatic carbocycles. The lowest BCUT2D eigenvalue weighted by Crippen LogP contribution is -2.11. The molecule has 0 saturated heterocycles. The van der Waals surface area contributed by atoms with Crippen LogP contribution >= 0.6 is 11.8 Å². The van der Waals surface area contributed by atoms with E-state index in [1.807, 2.05) is 18.4 Å². The fourth-order valence-electron chi connectivity index (χ4n) is 2.39. The van der Waals surface area contributed by atoms with Gasteiger partial charge in [0.1, 0.15) is 5.69 Å².